The van der Waals surface area contributed by atoms with Gasteiger partial charge >= 0.3 is 0 Å². The van der Waals surface area contributed by atoms with Crippen molar-refractivity contribution in [2.45, 2.75) is 6.92 Å². The highest BCUT2D eigenvalue weighted by Gasteiger charge is 2.11. The van der Waals surface area contributed by atoms with E-state index in [0.717, 1.165) is 5.56 Å². The van der Waals surface area contributed by atoms with Gasteiger partial charge in [0.2, 0.25) is 0 Å². The molecule has 14 heavy (non-hydrogen) atoms. The van der Waals surface area contributed by atoms with Crippen LogP contribution in [-0.4, -0.2) is 4.98 Å². The van der Waals surface area contributed by atoms with Gasteiger partial charge in [0.15, 0.2) is 0 Å². The number of rotatable bonds is 1. The van der Waals surface area contributed by atoms with E-state index in [1.54, 1.807) is 12.3 Å². The molecule has 0 saturated carbocycles. The zero-order chi connectivity index (χ0) is 10.1. The standard InChI is InChI=1S/C11H9F2N/c1-7-5-10(14-6-7)11-8(12)3-2-4-9(11)13/h2-6,14H,1H3. The van der Waals surface area contributed by atoms with Gasteiger partial charge in [-0.2, -0.15) is 0 Å². The molecule has 0 aliphatic heterocycles. The number of hydrogen-bond donors (Lipinski definition) is 1. The van der Waals surface area contributed by atoms with Gasteiger partial charge < -0.3 is 4.98 Å². The Bertz CT molecular complexity index is 440. The van der Waals surface area contributed by atoms with Gasteiger partial charge in [-0.3, -0.25) is 0 Å². The quantitative estimate of drug-likeness (QED) is 0.715. The average molecular weight is 193 g/mol. The van der Waals surface area contributed by atoms with Gasteiger partial charge in [-0.25, -0.2) is 8.78 Å². The number of aromatic amines is 1. The minimum atomic E-state index is -0.549. The topological polar surface area (TPSA) is 15.8 Å². The molecule has 0 aliphatic rings. The van der Waals surface area contributed by atoms with Gasteiger partial charge in [-0.1, -0.05) is 6.07 Å². The van der Waals surface area contributed by atoms with E-state index in [-0.39, 0.29) is 5.56 Å². The summed E-state index contributed by atoms with van der Waals surface area (Å²) < 4.78 is 26.6. The number of H-pyrrole nitrogens is 1. The largest absolute Gasteiger partial charge is 0.361 e. The van der Waals surface area contributed by atoms with Gasteiger partial charge in [0.25, 0.3) is 0 Å². The third kappa shape index (κ3) is 1.41. The Morgan fingerprint density at radius 1 is 1.14 bits per heavy atom. The predicted octanol–water partition coefficient (Wildman–Crippen LogP) is 3.27. The van der Waals surface area contributed by atoms with E-state index in [1.807, 2.05) is 6.92 Å². The number of halogens is 2. The first-order chi connectivity index (χ1) is 6.68. The maximum atomic E-state index is 13.3. The van der Waals surface area contributed by atoms with Crippen molar-refractivity contribution in [2.24, 2.45) is 0 Å². The summed E-state index contributed by atoms with van der Waals surface area (Å²) in [6, 6.07) is 5.55. The lowest BCUT2D eigenvalue weighted by atomic mass is 10.1. The van der Waals surface area contributed by atoms with Crippen LogP contribution in [0.15, 0.2) is 30.5 Å². The molecule has 1 aromatic carbocycles. The monoisotopic (exact) mass is 193 g/mol. The molecule has 0 unspecified atom stereocenters. The van der Waals surface area contributed by atoms with Crippen molar-refractivity contribution < 1.29 is 8.78 Å². The first-order valence-corrected chi connectivity index (χ1v) is 4.28. The summed E-state index contributed by atoms with van der Waals surface area (Å²) in [7, 11) is 0. The average Bonchev–Trinajstić information content (AvgIpc) is 2.51. The molecule has 72 valence electrons. The zero-order valence-electron chi connectivity index (χ0n) is 7.64. The molecule has 0 atom stereocenters. The van der Waals surface area contributed by atoms with Crippen molar-refractivity contribution in [2.75, 3.05) is 0 Å². The zero-order valence-corrected chi connectivity index (χ0v) is 7.64. The number of aromatic nitrogens is 1. The summed E-state index contributed by atoms with van der Waals surface area (Å²) in [5, 5.41) is 0. The fraction of sp³-hybridized carbons (Fsp3) is 0.0909. The van der Waals surface area contributed by atoms with Crippen LogP contribution < -0.4 is 0 Å². The molecule has 0 saturated heterocycles. The molecule has 0 bridgehead atoms. The van der Waals surface area contributed by atoms with Crippen LogP contribution in [0, 0.1) is 18.6 Å². The molecule has 2 aromatic rings. The minimum Gasteiger partial charge on any atom is -0.361 e. The molecule has 0 amide bonds. The van der Waals surface area contributed by atoms with Crippen molar-refractivity contribution in [3.63, 3.8) is 0 Å². The maximum absolute atomic E-state index is 13.3. The molecule has 1 N–H and O–H groups in total. The number of aryl methyl sites for hydroxylation is 1. The molecule has 2 rings (SSSR count). The van der Waals surface area contributed by atoms with Crippen LogP contribution in [0.5, 0.6) is 0 Å². The number of hydrogen-bond acceptors (Lipinski definition) is 0. The number of nitrogens with one attached hydrogen (secondary N) is 1. The molecule has 0 spiro atoms. The molecular formula is C11H9F2N. The molecule has 0 fully saturated rings. The highest BCUT2D eigenvalue weighted by Crippen LogP contribution is 2.24. The fourth-order valence-corrected chi connectivity index (χ4v) is 1.40. The summed E-state index contributed by atoms with van der Waals surface area (Å²) in [5.41, 5.74) is 1.42. The van der Waals surface area contributed by atoms with Crippen molar-refractivity contribution in [1.82, 2.24) is 4.98 Å². The van der Waals surface area contributed by atoms with E-state index in [1.165, 1.54) is 18.2 Å². The number of benzene rings is 1. The first-order valence-electron chi connectivity index (χ1n) is 4.28. The van der Waals surface area contributed by atoms with Crippen molar-refractivity contribution in [1.29, 1.82) is 0 Å². The summed E-state index contributed by atoms with van der Waals surface area (Å²) in [5.74, 6) is -1.10. The summed E-state index contributed by atoms with van der Waals surface area (Å²) in [4.78, 5) is 2.82. The van der Waals surface area contributed by atoms with E-state index in [9.17, 15) is 8.78 Å². The first kappa shape index (κ1) is 8.94. The fourth-order valence-electron chi connectivity index (χ4n) is 1.40. The molecule has 3 heteroatoms. The van der Waals surface area contributed by atoms with Gasteiger partial charge in [0.1, 0.15) is 11.6 Å². The van der Waals surface area contributed by atoms with E-state index in [0.29, 0.717) is 5.69 Å². The van der Waals surface area contributed by atoms with E-state index < -0.39 is 11.6 Å². The Balaban J connectivity index is 2.61. The van der Waals surface area contributed by atoms with Crippen LogP contribution in [-0.2, 0) is 0 Å². The second-order valence-electron chi connectivity index (χ2n) is 3.19. The van der Waals surface area contributed by atoms with Crippen LogP contribution in [0.4, 0.5) is 8.78 Å². The smallest absolute Gasteiger partial charge is 0.135 e. The molecule has 0 radical (unpaired) electrons. The summed E-state index contributed by atoms with van der Waals surface area (Å²) >= 11 is 0. The minimum absolute atomic E-state index is 0.000556. The van der Waals surface area contributed by atoms with Gasteiger partial charge in [0.05, 0.1) is 11.3 Å². The SMILES string of the molecule is Cc1c[nH]c(-c2c(F)cccc2F)c1. The molecule has 1 nitrogen and oxygen atoms in total. The highest BCUT2D eigenvalue weighted by atomic mass is 19.1. The highest BCUT2D eigenvalue weighted by molar-refractivity contribution is 5.61. The van der Waals surface area contributed by atoms with Crippen molar-refractivity contribution in [3.8, 4) is 11.3 Å². The van der Waals surface area contributed by atoms with E-state index >= 15 is 0 Å². The Morgan fingerprint density at radius 3 is 2.29 bits per heavy atom. The van der Waals surface area contributed by atoms with Crippen LogP contribution >= 0.6 is 0 Å². The van der Waals surface area contributed by atoms with E-state index in [4.69, 9.17) is 0 Å². The van der Waals surface area contributed by atoms with Crippen LogP contribution in [0.2, 0.25) is 0 Å². The lowest BCUT2D eigenvalue weighted by Gasteiger charge is -2.01. The van der Waals surface area contributed by atoms with Gasteiger partial charge in [0, 0.05) is 6.20 Å². The summed E-state index contributed by atoms with van der Waals surface area (Å²) in [6.07, 6.45) is 1.71. The lowest BCUT2D eigenvalue weighted by Crippen LogP contribution is -1.88. The lowest BCUT2D eigenvalue weighted by molar-refractivity contribution is 0.589. The van der Waals surface area contributed by atoms with E-state index in [2.05, 4.69) is 4.98 Å². The normalized spacial score (nSPS) is 10.5. The van der Waals surface area contributed by atoms with Crippen LogP contribution in [0.3, 0.4) is 0 Å². The molecule has 0 aliphatic carbocycles. The Kier molecular flexibility index (Phi) is 2.08. The van der Waals surface area contributed by atoms with Crippen LogP contribution in [0.1, 0.15) is 5.56 Å². The third-order valence-electron chi connectivity index (χ3n) is 2.06. The van der Waals surface area contributed by atoms with Crippen molar-refractivity contribution in [3.05, 3.63) is 47.7 Å². The van der Waals surface area contributed by atoms with Gasteiger partial charge in [-0.05, 0) is 30.7 Å². The molecule has 1 aromatic heterocycles. The maximum Gasteiger partial charge on any atom is 0.135 e. The Labute approximate surface area is 80.4 Å². The summed E-state index contributed by atoms with van der Waals surface area (Å²) in [6.45, 7) is 1.86. The van der Waals surface area contributed by atoms with Crippen molar-refractivity contribution >= 4 is 0 Å². The molecule has 1 heterocycles. The third-order valence-corrected chi connectivity index (χ3v) is 2.06. The Hall–Kier alpha value is -1.64. The van der Waals surface area contributed by atoms with Crippen LogP contribution in [0.25, 0.3) is 11.3 Å². The van der Waals surface area contributed by atoms with Gasteiger partial charge in [-0.15, -0.1) is 0 Å². The Morgan fingerprint density at radius 2 is 1.79 bits per heavy atom. The predicted molar refractivity (Wildman–Crippen MR) is 50.9 cm³/mol. The second kappa shape index (κ2) is 3.25. The second-order valence-corrected chi connectivity index (χ2v) is 3.19. The molecular weight excluding hydrogens is 184 g/mol.